The average molecular weight is 371 g/mol. The van der Waals surface area contributed by atoms with Gasteiger partial charge in [-0.2, -0.15) is 0 Å². The molecule has 1 N–H and O–H groups in total. The van der Waals surface area contributed by atoms with Crippen LogP contribution in [-0.2, 0) is 9.59 Å². The molecule has 3 heterocycles. The van der Waals surface area contributed by atoms with Crippen LogP contribution in [0.25, 0.3) is 10.8 Å². The van der Waals surface area contributed by atoms with Crippen LogP contribution in [-0.4, -0.2) is 23.9 Å². The number of imide groups is 1. The molecule has 3 aliphatic heterocycles. The zero-order valence-electron chi connectivity index (χ0n) is 12.3. The number of nitrogens with one attached hydrogen (secondary N) is 1. The second-order valence-corrected chi connectivity index (χ2v) is 7.49. The molecule has 4 unspecified atom stereocenters. The molecule has 0 aliphatic carbocycles. The van der Waals surface area contributed by atoms with Crippen molar-refractivity contribution in [3.63, 3.8) is 0 Å². The molecular weight excluding hydrogens is 356 g/mol. The third-order valence-corrected chi connectivity index (χ3v) is 6.36. The molecule has 3 fully saturated rings. The van der Waals surface area contributed by atoms with E-state index in [-0.39, 0.29) is 35.7 Å². The van der Waals surface area contributed by atoms with Gasteiger partial charge in [0.2, 0.25) is 11.8 Å². The topological polar surface area (TPSA) is 49.4 Å². The van der Waals surface area contributed by atoms with Gasteiger partial charge in [-0.3, -0.25) is 14.9 Å². The van der Waals surface area contributed by atoms with Gasteiger partial charge in [0.15, 0.2) is 0 Å². The highest BCUT2D eigenvalue weighted by molar-refractivity contribution is 9.10. The summed E-state index contributed by atoms with van der Waals surface area (Å²) in [7, 11) is 0. The van der Waals surface area contributed by atoms with Gasteiger partial charge in [0.25, 0.3) is 0 Å². The van der Waals surface area contributed by atoms with Crippen molar-refractivity contribution in [3.05, 3.63) is 40.9 Å². The zero-order valence-corrected chi connectivity index (χ0v) is 13.9. The number of carbonyl (C=O) groups is 2. The van der Waals surface area contributed by atoms with Crippen molar-refractivity contribution in [2.24, 2.45) is 11.8 Å². The second-order valence-electron chi connectivity index (χ2n) is 6.64. The number of nitrogens with zero attached hydrogens (tertiary/aromatic N) is 1. The Morgan fingerprint density at radius 1 is 0.913 bits per heavy atom. The van der Waals surface area contributed by atoms with Crippen LogP contribution in [0.2, 0.25) is 0 Å². The Hall–Kier alpha value is -1.88. The first kappa shape index (κ1) is 13.5. The van der Waals surface area contributed by atoms with Gasteiger partial charge in [0.05, 0.1) is 11.8 Å². The molecule has 2 aromatic rings. The molecule has 0 spiro atoms. The number of anilines is 1. The van der Waals surface area contributed by atoms with Crippen molar-refractivity contribution in [1.82, 2.24) is 5.32 Å². The minimum Gasteiger partial charge on any atom is -0.363 e. The lowest BCUT2D eigenvalue weighted by molar-refractivity contribution is -0.126. The Morgan fingerprint density at radius 3 is 2.17 bits per heavy atom. The largest absolute Gasteiger partial charge is 0.363 e. The monoisotopic (exact) mass is 370 g/mol. The van der Waals surface area contributed by atoms with Gasteiger partial charge >= 0.3 is 0 Å². The number of fused-ring (bicyclic) bond motifs is 6. The highest BCUT2D eigenvalue weighted by Gasteiger charge is 2.62. The number of halogens is 1. The van der Waals surface area contributed by atoms with Crippen molar-refractivity contribution in [2.75, 3.05) is 4.90 Å². The standard InChI is InChI=1S/C18H15BrN2O2/c19-11-5-6-12(10-4-2-1-3-9(10)11)21-13-7-8-14(21)16-15(13)17(22)20-18(16)23/h1-6,13-16H,7-8H2,(H,20,22,23). The number of hydrogen-bond acceptors (Lipinski definition) is 3. The molecular formula is C18H15BrN2O2. The third-order valence-electron chi connectivity index (χ3n) is 5.67. The van der Waals surface area contributed by atoms with Gasteiger partial charge in [-0.05, 0) is 30.4 Å². The molecule has 0 saturated carbocycles. The van der Waals surface area contributed by atoms with Crippen molar-refractivity contribution in [1.29, 1.82) is 0 Å². The van der Waals surface area contributed by atoms with E-state index in [1.54, 1.807) is 0 Å². The van der Waals surface area contributed by atoms with Gasteiger partial charge < -0.3 is 4.90 Å². The molecule has 0 radical (unpaired) electrons. The van der Waals surface area contributed by atoms with Gasteiger partial charge in [-0.15, -0.1) is 0 Å². The molecule has 4 nitrogen and oxygen atoms in total. The number of rotatable bonds is 1. The maximum Gasteiger partial charge on any atom is 0.232 e. The summed E-state index contributed by atoms with van der Waals surface area (Å²) in [5.74, 6) is -0.524. The fourth-order valence-electron chi connectivity index (χ4n) is 4.84. The summed E-state index contributed by atoms with van der Waals surface area (Å²) in [4.78, 5) is 26.7. The molecule has 5 heteroatoms. The van der Waals surface area contributed by atoms with Crippen molar-refractivity contribution >= 4 is 44.2 Å². The Bertz CT molecular complexity index is 837. The van der Waals surface area contributed by atoms with Crippen LogP contribution >= 0.6 is 15.9 Å². The Kier molecular flexibility index (Phi) is 2.69. The second kappa shape index (κ2) is 4.57. The molecule has 2 amide bonds. The maximum atomic E-state index is 12.2. The van der Waals surface area contributed by atoms with Crippen LogP contribution in [0, 0.1) is 11.8 Å². The molecule has 23 heavy (non-hydrogen) atoms. The summed E-state index contributed by atoms with van der Waals surface area (Å²) < 4.78 is 1.07. The normalized spacial score (nSPS) is 31.8. The van der Waals surface area contributed by atoms with Crippen molar-refractivity contribution in [3.8, 4) is 0 Å². The third kappa shape index (κ3) is 1.66. The van der Waals surface area contributed by atoms with Crippen LogP contribution in [0.4, 0.5) is 5.69 Å². The van der Waals surface area contributed by atoms with Crippen molar-refractivity contribution < 1.29 is 9.59 Å². The molecule has 3 saturated heterocycles. The van der Waals surface area contributed by atoms with E-state index in [0.717, 1.165) is 28.4 Å². The summed E-state index contributed by atoms with van der Waals surface area (Å²) in [6.45, 7) is 0. The van der Waals surface area contributed by atoms with E-state index in [1.807, 2.05) is 12.1 Å². The molecule has 2 bridgehead atoms. The van der Waals surface area contributed by atoms with Crippen LogP contribution in [0.3, 0.4) is 0 Å². The van der Waals surface area contributed by atoms with Crippen LogP contribution in [0.15, 0.2) is 40.9 Å². The summed E-state index contributed by atoms with van der Waals surface area (Å²) in [6, 6.07) is 12.7. The first-order valence-electron chi connectivity index (χ1n) is 7.97. The fraction of sp³-hybridized carbons (Fsp3) is 0.333. The fourth-order valence-corrected chi connectivity index (χ4v) is 5.32. The maximum absolute atomic E-state index is 12.2. The lowest BCUT2D eigenvalue weighted by Gasteiger charge is -2.28. The van der Waals surface area contributed by atoms with Gasteiger partial charge in [-0.1, -0.05) is 40.2 Å². The highest BCUT2D eigenvalue weighted by atomic mass is 79.9. The summed E-state index contributed by atoms with van der Waals surface area (Å²) in [5.41, 5.74) is 1.14. The first-order valence-corrected chi connectivity index (χ1v) is 8.76. The van der Waals surface area contributed by atoms with E-state index in [4.69, 9.17) is 0 Å². The van der Waals surface area contributed by atoms with E-state index in [2.05, 4.69) is 50.4 Å². The predicted molar refractivity (Wildman–Crippen MR) is 91.1 cm³/mol. The Balaban J connectivity index is 1.69. The zero-order chi connectivity index (χ0) is 15.7. The van der Waals surface area contributed by atoms with E-state index in [0.29, 0.717) is 0 Å². The number of carbonyl (C=O) groups excluding carboxylic acids is 2. The first-order chi connectivity index (χ1) is 11.2. The van der Waals surface area contributed by atoms with E-state index in [1.165, 1.54) is 5.39 Å². The number of amides is 2. The minimum atomic E-state index is -0.177. The molecule has 2 aromatic carbocycles. The lowest BCUT2D eigenvalue weighted by atomic mass is 9.81. The van der Waals surface area contributed by atoms with E-state index in [9.17, 15) is 9.59 Å². The highest BCUT2D eigenvalue weighted by Crippen LogP contribution is 2.51. The minimum absolute atomic E-state index is 0.0846. The molecule has 0 aromatic heterocycles. The van der Waals surface area contributed by atoms with Gasteiger partial charge in [0, 0.05) is 27.6 Å². The van der Waals surface area contributed by atoms with Gasteiger partial charge in [-0.25, -0.2) is 0 Å². The Morgan fingerprint density at radius 2 is 1.52 bits per heavy atom. The van der Waals surface area contributed by atoms with Crippen LogP contribution in [0.1, 0.15) is 12.8 Å². The van der Waals surface area contributed by atoms with Crippen LogP contribution in [0.5, 0.6) is 0 Å². The van der Waals surface area contributed by atoms with E-state index < -0.39 is 0 Å². The molecule has 5 rings (SSSR count). The summed E-state index contributed by atoms with van der Waals surface area (Å²) >= 11 is 3.62. The lowest BCUT2D eigenvalue weighted by Crippen LogP contribution is -2.37. The Labute approximate surface area is 142 Å². The quantitative estimate of drug-likeness (QED) is 0.785. The molecule has 116 valence electrons. The van der Waals surface area contributed by atoms with E-state index >= 15 is 0 Å². The smallest absolute Gasteiger partial charge is 0.232 e. The van der Waals surface area contributed by atoms with Crippen molar-refractivity contribution in [2.45, 2.75) is 24.9 Å². The SMILES string of the molecule is O=C1NC(=O)C2C1C1CCC2N1c1ccc(Br)c2ccccc12. The molecule has 4 atom stereocenters. The number of benzene rings is 2. The molecule has 3 aliphatic rings. The average Bonchev–Trinajstić information content (AvgIpc) is 3.20. The summed E-state index contributed by atoms with van der Waals surface area (Å²) in [6.07, 6.45) is 1.97. The predicted octanol–water partition coefficient (Wildman–Crippen LogP) is 2.84. The number of hydrogen-bond donors (Lipinski definition) is 1. The van der Waals surface area contributed by atoms with Gasteiger partial charge in [0.1, 0.15) is 0 Å². The summed E-state index contributed by atoms with van der Waals surface area (Å²) in [5, 5.41) is 4.86. The van der Waals surface area contributed by atoms with Crippen LogP contribution < -0.4 is 10.2 Å².